The number of carboxylic acid groups (broad SMARTS) is 1. The number of thioether (sulfide) groups is 1. The average molecular weight is 345 g/mol. The van der Waals surface area contributed by atoms with Crippen LogP contribution in [0.1, 0.15) is 34.0 Å². The van der Waals surface area contributed by atoms with Gasteiger partial charge >= 0.3 is 13.1 Å². The Kier molecular flexibility index (Phi) is 3.69. The molecule has 0 spiro atoms. The van der Waals surface area contributed by atoms with Crippen LogP contribution in [-0.2, 0) is 6.42 Å². The number of imidazole rings is 1. The van der Waals surface area contributed by atoms with E-state index in [1.165, 1.54) is 11.8 Å². The third-order valence-corrected chi connectivity index (χ3v) is 5.54. The van der Waals surface area contributed by atoms with Crippen LogP contribution in [0.5, 0.6) is 5.75 Å². The number of aromatic amines is 1. The number of nitrogens with two attached hydrogens (primary N) is 1. The largest absolute Gasteiger partial charge is 0.535 e. The molecule has 4 rings (SSSR count). The summed E-state index contributed by atoms with van der Waals surface area (Å²) in [6, 6.07) is 3.76. The molecule has 2 aromatic rings. The van der Waals surface area contributed by atoms with Crippen LogP contribution in [0.2, 0.25) is 5.82 Å². The predicted molar refractivity (Wildman–Crippen MR) is 90.5 cm³/mol. The van der Waals surface area contributed by atoms with Gasteiger partial charge in [0.05, 0.1) is 6.20 Å². The number of aryl methyl sites for hydroxylation is 1. The fraction of sp³-hybridized carbons (Fsp3) is 0.333. The lowest BCUT2D eigenvalue weighted by Crippen LogP contribution is -2.27. The number of aromatic nitrogens is 2. The van der Waals surface area contributed by atoms with E-state index in [1.54, 1.807) is 6.20 Å². The average Bonchev–Trinajstić information content (AvgIpc) is 3.24. The normalized spacial score (nSPS) is 21.0. The van der Waals surface area contributed by atoms with Crippen molar-refractivity contribution in [2.75, 3.05) is 11.5 Å². The second-order valence-electron chi connectivity index (χ2n) is 6.07. The van der Waals surface area contributed by atoms with Gasteiger partial charge in [0, 0.05) is 22.2 Å². The number of nitrogen functional groups attached to an aromatic ring is 1. The third kappa shape index (κ3) is 2.63. The smallest absolute Gasteiger partial charge is 0.526 e. The lowest BCUT2D eigenvalue weighted by atomic mass is 9.77. The van der Waals surface area contributed by atoms with Gasteiger partial charge in [-0.25, -0.2) is 9.78 Å². The Labute approximate surface area is 142 Å². The Bertz CT molecular complexity index is 812. The maximum atomic E-state index is 11.7. The van der Waals surface area contributed by atoms with Crippen molar-refractivity contribution in [3.63, 3.8) is 0 Å². The lowest BCUT2D eigenvalue weighted by Gasteiger charge is -2.22. The minimum absolute atomic E-state index is 0.100. The number of benzene rings is 1. The fourth-order valence-electron chi connectivity index (χ4n) is 3.19. The summed E-state index contributed by atoms with van der Waals surface area (Å²) in [6.07, 6.45) is 3.22. The van der Waals surface area contributed by atoms with Crippen molar-refractivity contribution in [1.29, 1.82) is 0 Å². The van der Waals surface area contributed by atoms with Crippen LogP contribution in [0.4, 0.5) is 5.95 Å². The predicted octanol–water partition coefficient (Wildman–Crippen LogP) is 1.76. The molecule has 1 fully saturated rings. The molecule has 2 atom stereocenters. The molecule has 5 N–H and O–H groups in total. The zero-order valence-electron chi connectivity index (χ0n) is 12.7. The minimum atomic E-state index is -1.04. The molecule has 2 unspecified atom stereocenters. The van der Waals surface area contributed by atoms with Gasteiger partial charge in [0.25, 0.3) is 0 Å². The fourth-order valence-corrected chi connectivity index (χ4v) is 4.22. The van der Waals surface area contributed by atoms with Gasteiger partial charge in [-0.15, -0.1) is 11.8 Å². The van der Waals surface area contributed by atoms with E-state index in [1.807, 2.05) is 12.1 Å². The van der Waals surface area contributed by atoms with Gasteiger partial charge in [0.2, 0.25) is 0 Å². The zero-order chi connectivity index (χ0) is 16.8. The van der Waals surface area contributed by atoms with Crippen molar-refractivity contribution in [1.82, 2.24) is 9.97 Å². The number of carboxylic acids is 1. The lowest BCUT2D eigenvalue weighted by molar-refractivity contribution is 0.0690. The topological polar surface area (TPSA) is 121 Å². The second-order valence-corrected chi connectivity index (χ2v) is 7.21. The van der Waals surface area contributed by atoms with Crippen molar-refractivity contribution in [2.24, 2.45) is 0 Å². The molecule has 7 nitrogen and oxygen atoms in total. The highest BCUT2D eigenvalue weighted by Gasteiger charge is 2.54. The van der Waals surface area contributed by atoms with Crippen molar-refractivity contribution >= 4 is 30.8 Å². The maximum Gasteiger partial charge on any atom is 0.526 e. The van der Waals surface area contributed by atoms with Crippen LogP contribution >= 0.6 is 11.8 Å². The number of rotatable bonds is 5. The summed E-state index contributed by atoms with van der Waals surface area (Å²) >= 11 is 1.44. The quantitative estimate of drug-likeness (QED) is 0.481. The molecular weight excluding hydrogens is 329 g/mol. The number of anilines is 1. The van der Waals surface area contributed by atoms with Crippen molar-refractivity contribution < 1.29 is 19.6 Å². The van der Waals surface area contributed by atoms with Crippen molar-refractivity contribution in [2.45, 2.75) is 29.5 Å². The molecule has 1 aromatic heterocycles. The van der Waals surface area contributed by atoms with Gasteiger partial charge in [-0.05, 0) is 30.4 Å². The number of H-pyrrole nitrogens is 1. The van der Waals surface area contributed by atoms with E-state index in [4.69, 9.17) is 10.4 Å². The van der Waals surface area contributed by atoms with Crippen LogP contribution in [0.15, 0.2) is 23.2 Å². The number of nitrogens with zero attached hydrogens (tertiary/aromatic N) is 1. The van der Waals surface area contributed by atoms with Crippen LogP contribution in [0.25, 0.3) is 0 Å². The summed E-state index contributed by atoms with van der Waals surface area (Å²) in [6.45, 7) is 0. The van der Waals surface area contributed by atoms with Crippen LogP contribution in [0.3, 0.4) is 0 Å². The van der Waals surface area contributed by atoms with E-state index in [9.17, 15) is 14.9 Å². The Morgan fingerprint density at radius 2 is 2.38 bits per heavy atom. The van der Waals surface area contributed by atoms with E-state index in [0.29, 0.717) is 28.8 Å². The Balaban J connectivity index is 1.56. The summed E-state index contributed by atoms with van der Waals surface area (Å²) in [7, 11) is -0.909. The van der Waals surface area contributed by atoms with Crippen LogP contribution in [-0.4, -0.2) is 38.9 Å². The maximum absolute atomic E-state index is 11.7. The van der Waals surface area contributed by atoms with Crippen molar-refractivity contribution in [3.8, 4) is 5.75 Å². The first-order valence-corrected chi connectivity index (χ1v) is 8.70. The molecule has 0 radical (unpaired) electrons. The zero-order valence-corrected chi connectivity index (χ0v) is 13.5. The van der Waals surface area contributed by atoms with E-state index >= 15 is 0 Å². The first kappa shape index (κ1) is 15.4. The van der Waals surface area contributed by atoms with Gasteiger partial charge < -0.3 is 25.5 Å². The molecule has 2 heterocycles. The summed E-state index contributed by atoms with van der Waals surface area (Å²) in [5, 5.41) is 19.6. The molecule has 1 aromatic carbocycles. The van der Waals surface area contributed by atoms with E-state index < -0.39 is 13.1 Å². The third-order valence-electron chi connectivity index (χ3n) is 4.48. The van der Waals surface area contributed by atoms with Crippen LogP contribution in [0, 0.1) is 0 Å². The first-order valence-electron chi connectivity index (χ1n) is 7.71. The highest BCUT2D eigenvalue weighted by atomic mass is 32.2. The van der Waals surface area contributed by atoms with Gasteiger partial charge in [-0.1, -0.05) is 6.07 Å². The molecule has 24 heavy (non-hydrogen) atoms. The molecule has 124 valence electrons. The number of carbonyl (C=O) groups is 1. The monoisotopic (exact) mass is 345 g/mol. The number of aromatic carboxylic acids is 1. The highest BCUT2D eigenvalue weighted by molar-refractivity contribution is 7.99. The van der Waals surface area contributed by atoms with Crippen LogP contribution < -0.4 is 10.4 Å². The van der Waals surface area contributed by atoms with E-state index in [-0.39, 0.29) is 17.3 Å². The van der Waals surface area contributed by atoms with Gasteiger partial charge in [0.1, 0.15) is 11.3 Å². The van der Waals surface area contributed by atoms with Gasteiger partial charge in [-0.3, -0.25) is 0 Å². The minimum Gasteiger partial charge on any atom is -0.535 e. The molecule has 0 bridgehead atoms. The van der Waals surface area contributed by atoms with Gasteiger partial charge in [-0.2, -0.15) is 0 Å². The molecule has 1 saturated carbocycles. The summed E-state index contributed by atoms with van der Waals surface area (Å²) < 4.78 is 5.52. The van der Waals surface area contributed by atoms with E-state index in [2.05, 4.69) is 9.97 Å². The Hall–Kier alpha value is -2.13. The summed E-state index contributed by atoms with van der Waals surface area (Å²) in [4.78, 5) is 19.3. The molecular formula is C15H16BN3O4S. The molecule has 9 heteroatoms. The standard InChI is InChI=1S/C15H16BN3O4S/c17-15-18-6-7(19-15)3-4-24-11-2-1-8-9-5-10(9)16(22)23-13(8)12(11)14(20)21/h1-2,6,9-10,22H,3-5H2,(H,20,21)(H3,17,18,19). The molecule has 1 aliphatic carbocycles. The SMILES string of the molecule is Nc1ncc(CCSc2ccc3c(c2C(=O)O)OB(O)C2CC32)[nH]1. The first-order chi connectivity index (χ1) is 11.5. The Morgan fingerprint density at radius 3 is 3.08 bits per heavy atom. The number of hydrogen-bond acceptors (Lipinski definition) is 6. The number of hydrogen-bond donors (Lipinski definition) is 4. The Morgan fingerprint density at radius 1 is 1.54 bits per heavy atom. The second kappa shape index (κ2) is 5.75. The summed E-state index contributed by atoms with van der Waals surface area (Å²) in [5.74, 6) is 0.652. The highest BCUT2D eigenvalue weighted by Crippen LogP contribution is 2.60. The van der Waals surface area contributed by atoms with Gasteiger partial charge in [0.15, 0.2) is 5.95 Å². The molecule has 2 aliphatic rings. The number of nitrogens with one attached hydrogen (secondary N) is 1. The number of fused-ring (bicyclic) bond motifs is 3. The summed E-state index contributed by atoms with van der Waals surface area (Å²) in [5.41, 5.74) is 7.49. The molecule has 0 saturated heterocycles. The van der Waals surface area contributed by atoms with E-state index in [0.717, 1.165) is 17.7 Å². The van der Waals surface area contributed by atoms with Crippen molar-refractivity contribution in [3.05, 3.63) is 35.2 Å². The molecule has 1 aliphatic heterocycles. The molecule has 0 amide bonds.